The number of phenols is 2. The monoisotopic (exact) mass is 670 g/mol. The van der Waals surface area contributed by atoms with Crippen LogP contribution in [0.3, 0.4) is 0 Å². The Hall–Kier alpha value is -5.30. The van der Waals surface area contributed by atoms with E-state index < -0.39 is 39.1 Å². The summed E-state index contributed by atoms with van der Waals surface area (Å²) in [6, 6.07) is 23.5. The number of esters is 2. The van der Waals surface area contributed by atoms with E-state index in [-0.39, 0.29) is 27.6 Å². The normalized spacial score (nSPS) is 11.4. The lowest BCUT2D eigenvalue weighted by molar-refractivity contribution is -0.0499. The molecule has 0 aliphatic rings. The summed E-state index contributed by atoms with van der Waals surface area (Å²) in [6.07, 6.45) is 1.80. The van der Waals surface area contributed by atoms with Gasteiger partial charge in [0.2, 0.25) is 0 Å². The minimum Gasteiger partial charge on any atom is -0.507 e. The van der Waals surface area contributed by atoms with Gasteiger partial charge < -0.3 is 23.9 Å². The van der Waals surface area contributed by atoms with Gasteiger partial charge >= 0.3 is 27.6 Å². The van der Waals surface area contributed by atoms with Crippen LogP contribution in [-0.4, -0.2) is 50.3 Å². The van der Waals surface area contributed by atoms with Gasteiger partial charge in [-0.2, -0.15) is 21.6 Å². The van der Waals surface area contributed by atoms with Crippen molar-refractivity contribution in [1.82, 2.24) is 0 Å². The number of alkyl halides is 3. The van der Waals surface area contributed by atoms with Crippen molar-refractivity contribution in [2.45, 2.75) is 25.3 Å². The summed E-state index contributed by atoms with van der Waals surface area (Å²) in [6.45, 7) is 2.14. The van der Waals surface area contributed by atoms with Crippen LogP contribution in [0.1, 0.15) is 44.3 Å². The molecule has 13 heteroatoms. The number of aryl methyl sites for hydroxylation is 1. The first-order valence-corrected chi connectivity index (χ1v) is 15.4. The van der Waals surface area contributed by atoms with E-state index >= 15 is 0 Å². The van der Waals surface area contributed by atoms with Crippen molar-refractivity contribution in [2.24, 2.45) is 0 Å². The largest absolute Gasteiger partial charge is 0.534 e. The van der Waals surface area contributed by atoms with Crippen molar-refractivity contribution in [3.8, 4) is 17.2 Å². The first-order chi connectivity index (χ1) is 22.2. The summed E-state index contributed by atoms with van der Waals surface area (Å²) in [5, 5.41) is 21.9. The number of aromatic hydroxyl groups is 2. The molecule has 47 heavy (non-hydrogen) atoms. The highest BCUT2D eigenvalue weighted by molar-refractivity contribution is 7.88. The smallest absolute Gasteiger partial charge is 0.507 e. The van der Waals surface area contributed by atoms with Gasteiger partial charge in [-0.15, -0.1) is 0 Å². The van der Waals surface area contributed by atoms with Gasteiger partial charge in [-0.25, -0.2) is 9.59 Å². The topological polar surface area (TPSA) is 136 Å². The molecule has 0 heterocycles. The third-order valence-corrected chi connectivity index (χ3v) is 8.13. The standard InChI is InChI=1S/C21H20O3.C13H9F3O6S/c1-3-14-7-9-15(10-8-14)11-16-5-4-6-17-12-19(21(23)24-2)20(22)13-18(16)17;1-21-12(18)9-5-7-3-2-4-11(8(7)6-10(9)17)22-23(19,20)13(14,15)16/h4-10,12-13,22H,3,11H2,1-2H3;2-6,17H,1H3. The molecule has 0 aliphatic heterocycles. The van der Waals surface area contributed by atoms with Crippen LogP contribution < -0.4 is 4.18 Å². The molecular formula is C34H29F3O9S. The first kappa shape index (κ1) is 34.6. The van der Waals surface area contributed by atoms with Gasteiger partial charge in [-0.05, 0) is 76.0 Å². The number of hydrogen-bond acceptors (Lipinski definition) is 9. The van der Waals surface area contributed by atoms with Gasteiger partial charge in [0.05, 0.1) is 14.2 Å². The molecule has 0 bridgehead atoms. The Kier molecular flexibility index (Phi) is 10.3. The lowest BCUT2D eigenvalue weighted by Crippen LogP contribution is -2.28. The fraction of sp³-hybridized carbons (Fsp3) is 0.176. The maximum Gasteiger partial charge on any atom is 0.534 e. The molecule has 0 amide bonds. The molecule has 246 valence electrons. The van der Waals surface area contributed by atoms with E-state index in [1.54, 1.807) is 12.1 Å². The molecular weight excluding hydrogens is 641 g/mol. The zero-order valence-electron chi connectivity index (χ0n) is 25.3. The van der Waals surface area contributed by atoms with Crippen molar-refractivity contribution in [3.05, 3.63) is 113 Å². The molecule has 0 unspecified atom stereocenters. The van der Waals surface area contributed by atoms with Crippen LogP contribution in [0.5, 0.6) is 17.2 Å². The molecule has 0 saturated heterocycles. The number of rotatable bonds is 7. The molecule has 2 N–H and O–H groups in total. The molecule has 0 spiro atoms. The maximum absolute atomic E-state index is 12.4. The molecule has 0 fully saturated rings. The number of halogens is 3. The minimum atomic E-state index is -5.86. The Morgan fingerprint density at radius 1 is 0.723 bits per heavy atom. The molecule has 0 atom stereocenters. The van der Waals surface area contributed by atoms with Crippen LogP contribution in [0.25, 0.3) is 21.5 Å². The average Bonchev–Trinajstić information content (AvgIpc) is 3.04. The summed E-state index contributed by atoms with van der Waals surface area (Å²) in [5.74, 6) is -2.67. The lowest BCUT2D eigenvalue weighted by Gasteiger charge is -2.12. The summed E-state index contributed by atoms with van der Waals surface area (Å²) in [5.41, 5.74) is -1.98. The van der Waals surface area contributed by atoms with Crippen LogP contribution in [-0.2, 0) is 32.4 Å². The predicted octanol–water partition coefficient (Wildman–Crippen LogP) is 7.05. The van der Waals surface area contributed by atoms with Crippen LogP contribution in [0.2, 0.25) is 0 Å². The number of fused-ring (bicyclic) bond motifs is 2. The van der Waals surface area contributed by atoms with E-state index in [0.717, 1.165) is 54.5 Å². The number of phenolic OH excluding ortho intramolecular Hbond substituents is 2. The Balaban J connectivity index is 0.000000213. The van der Waals surface area contributed by atoms with Gasteiger partial charge in [-0.3, -0.25) is 0 Å². The average molecular weight is 671 g/mol. The van der Waals surface area contributed by atoms with Gasteiger partial charge in [0, 0.05) is 5.39 Å². The molecule has 9 nitrogen and oxygen atoms in total. The molecule has 5 rings (SSSR count). The third-order valence-electron chi connectivity index (χ3n) is 7.16. The zero-order valence-corrected chi connectivity index (χ0v) is 26.1. The Morgan fingerprint density at radius 2 is 1.21 bits per heavy atom. The van der Waals surface area contributed by atoms with Crippen LogP contribution in [0, 0.1) is 0 Å². The highest BCUT2D eigenvalue weighted by Crippen LogP contribution is 2.35. The van der Waals surface area contributed by atoms with E-state index in [4.69, 9.17) is 4.74 Å². The molecule has 5 aromatic carbocycles. The molecule has 0 aromatic heterocycles. The van der Waals surface area contributed by atoms with Crippen molar-refractivity contribution in [1.29, 1.82) is 0 Å². The molecule has 0 aliphatic carbocycles. The second-order valence-electron chi connectivity index (χ2n) is 10.2. The van der Waals surface area contributed by atoms with Crippen LogP contribution >= 0.6 is 0 Å². The predicted molar refractivity (Wildman–Crippen MR) is 168 cm³/mol. The zero-order chi connectivity index (χ0) is 34.5. The van der Waals surface area contributed by atoms with Crippen molar-refractivity contribution >= 4 is 43.6 Å². The van der Waals surface area contributed by atoms with Gasteiger partial charge in [0.15, 0.2) is 5.75 Å². The number of methoxy groups -OCH3 is 2. The molecule has 0 radical (unpaired) electrons. The first-order valence-electron chi connectivity index (χ1n) is 13.9. The van der Waals surface area contributed by atoms with E-state index in [1.165, 1.54) is 30.4 Å². The minimum absolute atomic E-state index is 0.0527. The highest BCUT2D eigenvalue weighted by Gasteiger charge is 2.48. The van der Waals surface area contributed by atoms with Gasteiger partial charge in [0.1, 0.15) is 22.6 Å². The van der Waals surface area contributed by atoms with Crippen molar-refractivity contribution in [2.75, 3.05) is 14.2 Å². The number of carbonyl (C=O) groups excluding carboxylic acids is 2. The fourth-order valence-electron chi connectivity index (χ4n) is 4.72. The van der Waals surface area contributed by atoms with E-state index in [9.17, 15) is 41.4 Å². The summed E-state index contributed by atoms with van der Waals surface area (Å²) in [7, 11) is -3.47. The SMILES string of the molecule is CCc1ccc(Cc2cccc3cc(C(=O)OC)c(O)cc23)cc1.COC(=O)c1cc2cccc(OS(=O)(=O)C(F)(F)F)c2cc1O. The highest BCUT2D eigenvalue weighted by atomic mass is 32.2. The van der Waals surface area contributed by atoms with Crippen molar-refractivity contribution in [3.63, 3.8) is 0 Å². The Labute approximate surface area is 267 Å². The quantitative estimate of drug-likeness (QED) is 0.106. The van der Waals surface area contributed by atoms with Crippen molar-refractivity contribution < 1.29 is 55.0 Å². The number of ether oxygens (including phenoxy) is 2. The second-order valence-corrected chi connectivity index (χ2v) is 11.7. The summed E-state index contributed by atoms with van der Waals surface area (Å²) >= 11 is 0. The Morgan fingerprint density at radius 3 is 1.72 bits per heavy atom. The number of benzene rings is 5. The second kappa shape index (κ2) is 14.0. The fourth-order valence-corrected chi connectivity index (χ4v) is 5.19. The molecule has 5 aromatic rings. The third kappa shape index (κ3) is 7.75. The van der Waals surface area contributed by atoms with E-state index in [2.05, 4.69) is 40.1 Å². The Bertz CT molecular complexity index is 2060. The van der Waals surface area contributed by atoms with Gasteiger partial charge in [0.25, 0.3) is 0 Å². The van der Waals surface area contributed by atoms with E-state index in [0.29, 0.717) is 0 Å². The number of hydrogen-bond donors (Lipinski definition) is 2. The molecule has 0 saturated carbocycles. The summed E-state index contributed by atoms with van der Waals surface area (Å²) < 4.78 is 72.6. The summed E-state index contributed by atoms with van der Waals surface area (Å²) in [4.78, 5) is 23.2. The number of carbonyl (C=O) groups is 2. The maximum atomic E-state index is 12.4. The lowest BCUT2D eigenvalue weighted by atomic mass is 9.96. The van der Waals surface area contributed by atoms with E-state index in [1.807, 2.05) is 18.2 Å². The van der Waals surface area contributed by atoms with Crippen LogP contribution in [0.4, 0.5) is 13.2 Å². The van der Waals surface area contributed by atoms with Gasteiger partial charge in [-0.1, -0.05) is 61.5 Å². The van der Waals surface area contributed by atoms with Crippen LogP contribution in [0.15, 0.2) is 84.9 Å².